The summed E-state index contributed by atoms with van der Waals surface area (Å²) in [6.45, 7) is 0.435. The normalized spacial score (nSPS) is 11.9. The molecule has 0 spiro atoms. The molecule has 0 bridgehead atoms. The maximum absolute atomic E-state index is 12.9. The summed E-state index contributed by atoms with van der Waals surface area (Å²) in [7, 11) is 0. The van der Waals surface area contributed by atoms with Gasteiger partial charge in [0.2, 0.25) is 16.8 Å². The van der Waals surface area contributed by atoms with E-state index in [0.717, 1.165) is 16.9 Å². The van der Waals surface area contributed by atoms with Gasteiger partial charge in [-0.25, -0.2) is 4.39 Å². The quantitative estimate of drug-likeness (QED) is 0.683. The van der Waals surface area contributed by atoms with Crippen molar-refractivity contribution in [1.82, 2.24) is 15.5 Å². The molecule has 28 heavy (non-hydrogen) atoms. The highest BCUT2D eigenvalue weighted by molar-refractivity contribution is 7.15. The Morgan fingerprint density at radius 3 is 2.50 bits per heavy atom. The van der Waals surface area contributed by atoms with Gasteiger partial charge < -0.3 is 20.1 Å². The average Bonchev–Trinajstić information content (AvgIpc) is 3.37. The van der Waals surface area contributed by atoms with Crippen LogP contribution in [0.3, 0.4) is 0 Å². The van der Waals surface area contributed by atoms with Crippen LogP contribution in [0.5, 0.6) is 11.5 Å². The number of carbonyl (C=O) groups is 2. The molecule has 10 heteroatoms. The standard InChI is InChI=1S/C18H13FN4O4S/c19-11-2-4-12(5-3-11)21-16(25)18-23-22-17(28-18)15(24)20-8-10-1-6-13-14(7-10)27-9-26-13/h1-7H,8-9H2,(H,20,24)(H,21,25). The first-order valence-corrected chi connectivity index (χ1v) is 8.97. The van der Waals surface area contributed by atoms with Gasteiger partial charge in [-0.3, -0.25) is 9.59 Å². The highest BCUT2D eigenvalue weighted by Gasteiger charge is 2.18. The number of hydrogen-bond donors (Lipinski definition) is 2. The summed E-state index contributed by atoms with van der Waals surface area (Å²) in [6.07, 6.45) is 0. The van der Waals surface area contributed by atoms with E-state index in [1.165, 1.54) is 24.3 Å². The molecule has 0 atom stereocenters. The molecule has 2 N–H and O–H groups in total. The van der Waals surface area contributed by atoms with E-state index in [1.807, 2.05) is 6.07 Å². The van der Waals surface area contributed by atoms with Gasteiger partial charge in [-0.05, 0) is 42.0 Å². The second-order valence-corrected chi connectivity index (χ2v) is 6.72. The van der Waals surface area contributed by atoms with E-state index < -0.39 is 17.6 Å². The second-order valence-electron chi connectivity index (χ2n) is 5.74. The molecule has 2 amide bonds. The molecule has 0 saturated carbocycles. The summed E-state index contributed by atoms with van der Waals surface area (Å²) in [5.41, 5.74) is 1.24. The van der Waals surface area contributed by atoms with Crippen molar-refractivity contribution in [2.24, 2.45) is 0 Å². The summed E-state index contributed by atoms with van der Waals surface area (Å²) in [6, 6.07) is 10.7. The molecule has 1 aromatic heterocycles. The number of nitrogens with zero attached hydrogens (tertiary/aromatic N) is 2. The fraction of sp³-hybridized carbons (Fsp3) is 0.111. The third kappa shape index (κ3) is 3.91. The minimum absolute atomic E-state index is 0.0255. The Morgan fingerprint density at radius 2 is 1.71 bits per heavy atom. The van der Waals surface area contributed by atoms with E-state index in [-0.39, 0.29) is 23.4 Å². The van der Waals surface area contributed by atoms with Gasteiger partial charge in [0.1, 0.15) is 5.82 Å². The van der Waals surface area contributed by atoms with E-state index in [4.69, 9.17) is 9.47 Å². The van der Waals surface area contributed by atoms with Crippen molar-refractivity contribution in [3.63, 3.8) is 0 Å². The molecule has 0 fully saturated rings. The Balaban J connectivity index is 1.36. The molecule has 0 aliphatic carbocycles. The van der Waals surface area contributed by atoms with E-state index in [0.29, 0.717) is 17.2 Å². The summed E-state index contributed by atoms with van der Waals surface area (Å²) >= 11 is 0.862. The maximum atomic E-state index is 12.9. The number of aromatic nitrogens is 2. The van der Waals surface area contributed by atoms with Crippen LogP contribution in [0.15, 0.2) is 42.5 Å². The lowest BCUT2D eigenvalue weighted by molar-refractivity contribution is 0.0948. The number of ether oxygens (including phenoxy) is 2. The molecule has 2 aromatic carbocycles. The third-order valence-electron chi connectivity index (χ3n) is 3.81. The van der Waals surface area contributed by atoms with Gasteiger partial charge in [-0.2, -0.15) is 0 Å². The Labute approximate surface area is 162 Å². The van der Waals surface area contributed by atoms with Crippen LogP contribution in [-0.4, -0.2) is 28.8 Å². The maximum Gasteiger partial charge on any atom is 0.286 e. The van der Waals surface area contributed by atoms with Crippen molar-refractivity contribution in [3.8, 4) is 11.5 Å². The zero-order chi connectivity index (χ0) is 19.5. The average molecular weight is 400 g/mol. The Morgan fingerprint density at radius 1 is 1.00 bits per heavy atom. The van der Waals surface area contributed by atoms with E-state index in [9.17, 15) is 14.0 Å². The highest BCUT2D eigenvalue weighted by atomic mass is 32.1. The van der Waals surface area contributed by atoms with Crippen LogP contribution in [0.2, 0.25) is 0 Å². The third-order valence-corrected chi connectivity index (χ3v) is 4.73. The number of halogens is 1. The zero-order valence-corrected chi connectivity index (χ0v) is 15.1. The Bertz CT molecular complexity index is 1040. The minimum atomic E-state index is -0.529. The molecule has 1 aliphatic heterocycles. The van der Waals surface area contributed by atoms with E-state index >= 15 is 0 Å². The van der Waals surface area contributed by atoms with Gasteiger partial charge >= 0.3 is 0 Å². The highest BCUT2D eigenvalue weighted by Crippen LogP contribution is 2.32. The molecular formula is C18H13FN4O4S. The topological polar surface area (TPSA) is 102 Å². The van der Waals surface area contributed by atoms with Crippen molar-refractivity contribution < 1.29 is 23.5 Å². The number of carbonyl (C=O) groups excluding carboxylic acids is 2. The van der Waals surface area contributed by atoms with Crippen molar-refractivity contribution in [1.29, 1.82) is 0 Å². The molecular weight excluding hydrogens is 387 g/mol. The summed E-state index contributed by atoms with van der Waals surface area (Å²) in [4.78, 5) is 24.4. The summed E-state index contributed by atoms with van der Waals surface area (Å²) < 4.78 is 23.4. The number of fused-ring (bicyclic) bond motifs is 1. The molecule has 2 heterocycles. The number of nitrogens with one attached hydrogen (secondary N) is 2. The molecule has 1 aliphatic rings. The van der Waals surface area contributed by atoms with Crippen LogP contribution < -0.4 is 20.1 Å². The van der Waals surface area contributed by atoms with Gasteiger partial charge in [0.25, 0.3) is 11.8 Å². The van der Waals surface area contributed by atoms with Crippen LogP contribution in [0.4, 0.5) is 10.1 Å². The predicted molar refractivity (Wildman–Crippen MR) is 98.0 cm³/mol. The number of rotatable bonds is 5. The first-order chi connectivity index (χ1) is 13.6. The van der Waals surface area contributed by atoms with Crippen LogP contribution in [0.1, 0.15) is 25.2 Å². The number of amides is 2. The fourth-order valence-corrected chi connectivity index (χ4v) is 3.09. The SMILES string of the molecule is O=C(NCc1ccc2c(c1)OCO2)c1nnc(C(=O)Nc2ccc(F)cc2)s1. The molecule has 0 unspecified atom stereocenters. The lowest BCUT2D eigenvalue weighted by Crippen LogP contribution is -2.22. The zero-order valence-electron chi connectivity index (χ0n) is 14.3. The second kappa shape index (κ2) is 7.61. The number of hydrogen-bond acceptors (Lipinski definition) is 7. The van der Waals surface area contributed by atoms with E-state index in [1.54, 1.807) is 12.1 Å². The summed E-state index contributed by atoms with van der Waals surface area (Å²) in [5, 5.41) is 12.9. The van der Waals surface area contributed by atoms with Gasteiger partial charge in [0, 0.05) is 12.2 Å². The van der Waals surface area contributed by atoms with Crippen molar-refractivity contribution >= 4 is 28.8 Å². The molecule has 8 nitrogen and oxygen atoms in total. The summed E-state index contributed by atoms with van der Waals surface area (Å²) in [5.74, 6) is -0.0938. The molecule has 4 rings (SSSR count). The fourth-order valence-electron chi connectivity index (χ4n) is 2.43. The lowest BCUT2D eigenvalue weighted by Gasteiger charge is -2.04. The van der Waals surface area contributed by atoms with Crippen molar-refractivity contribution in [3.05, 3.63) is 63.9 Å². The van der Waals surface area contributed by atoms with E-state index in [2.05, 4.69) is 20.8 Å². The first-order valence-electron chi connectivity index (χ1n) is 8.15. The minimum Gasteiger partial charge on any atom is -0.454 e. The first kappa shape index (κ1) is 17.9. The number of benzene rings is 2. The molecule has 142 valence electrons. The van der Waals surface area contributed by atoms with Gasteiger partial charge in [-0.1, -0.05) is 17.4 Å². The van der Waals surface area contributed by atoms with Gasteiger partial charge in [0.15, 0.2) is 11.5 Å². The number of anilines is 1. The van der Waals surface area contributed by atoms with Crippen molar-refractivity contribution in [2.45, 2.75) is 6.54 Å². The Kier molecular flexibility index (Phi) is 4.85. The van der Waals surface area contributed by atoms with Crippen LogP contribution >= 0.6 is 11.3 Å². The molecule has 3 aromatic rings. The van der Waals surface area contributed by atoms with Gasteiger partial charge in [0.05, 0.1) is 0 Å². The monoisotopic (exact) mass is 400 g/mol. The van der Waals surface area contributed by atoms with Crippen molar-refractivity contribution in [2.75, 3.05) is 12.1 Å². The predicted octanol–water partition coefficient (Wildman–Crippen LogP) is 2.59. The van der Waals surface area contributed by atoms with Crippen LogP contribution in [0, 0.1) is 5.82 Å². The lowest BCUT2D eigenvalue weighted by atomic mass is 10.2. The smallest absolute Gasteiger partial charge is 0.286 e. The van der Waals surface area contributed by atoms with Crippen LogP contribution in [-0.2, 0) is 6.54 Å². The van der Waals surface area contributed by atoms with Crippen LogP contribution in [0.25, 0.3) is 0 Å². The largest absolute Gasteiger partial charge is 0.454 e. The Hall–Kier alpha value is -3.53. The molecule has 0 saturated heterocycles. The van der Waals surface area contributed by atoms with Gasteiger partial charge in [-0.15, -0.1) is 10.2 Å². The molecule has 0 radical (unpaired) electrons.